The Hall–Kier alpha value is -3.81. The fourth-order valence-corrected chi connectivity index (χ4v) is 2.84. The van der Waals surface area contributed by atoms with Crippen molar-refractivity contribution in [3.8, 4) is 11.5 Å². The minimum absolute atomic E-state index is 0.232. The highest BCUT2D eigenvalue weighted by atomic mass is 16.3. The van der Waals surface area contributed by atoms with Gasteiger partial charge in [0.15, 0.2) is 29.3 Å². The Kier molecular flexibility index (Phi) is 4.67. The second-order valence-corrected chi connectivity index (χ2v) is 6.42. The molecule has 0 bridgehead atoms. The van der Waals surface area contributed by atoms with Crippen molar-refractivity contribution in [1.29, 1.82) is 0 Å². The summed E-state index contributed by atoms with van der Waals surface area (Å²) < 4.78 is 7.40. The monoisotopic (exact) mass is 374 g/mol. The largest absolute Gasteiger partial charge is 0.452 e. The van der Waals surface area contributed by atoms with Crippen molar-refractivity contribution in [2.75, 3.05) is 14.1 Å². The van der Waals surface area contributed by atoms with Gasteiger partial charge in [-0.3, -0.25) is 4.79 Å². The van der Waals surface area contributed by atoms with Crippen LogP contribution in [0.2, 0.25) is 0 Å². The van der Waals surface area contributed by atoms with Gasteiger partial charge in [-0.25, -0.2) is 19.6 Å². The van der Waals surface area contributed by atoms with Crippen molar-refractivity contribution in [1.82, 2.24) is 24.6 Å². The smallest absolute Gasteiger partial charge is 0.185 e. The summed E-state index contributed by atoms with van der Waals surface area (Å²) in [6.07, 6.45) is 3.80. The molecule has 0 spiro atoms. The average molecular weight is 374 g/mol. The lowest BCUT2D eigenvalue weighted by Crippen LogP contribution is -2.07. The molecule has 0 saturated heterocycles. The number of carbonyl (C=O) groups excluding carboxylic acids is 1. The number of rotatable bonds is 6. The van der Waals surface area contributed by atoms with Crippen LogP contribution in [0.1, 0.15) is 16.1 Å². The lowest BCUT2D eigenvalue weighted by molar-refractivity contribution is 0.110. The maximum atomic E-state index is 11.0. The zero-order valence-electron chi connectivity index (χ0n) is 15.5. The highest BCUT2D eigenvalue weighted by Crippen LogP contribution is 2.33. The third-order valence-corrected chi connectivity index (χ3v) is 4.07. The number of aliphatic imine (C=N–C) groups is 1. The summed E-state index contributed by atoms with van der Waals surface area (Å²) in [4.78, 5) is 26.0. The van der Waals surface area contributed by atoms with Gasteiger partial charge in [0.2, 0.25) is 0 Å². The topological polar surface area (TPSA) is 89.4 Å². The van der Waals surface area contributed by atoms with Gasteiger partial charge in [0.25, 0.3) is 0 Å². The number of nitrogens with zero attached hydrogens (tertiary/aromatic N) is 6. The van der Waals surface area contributed by atoms with Crippen molar-refractivity contribution in [2.24, 2.45) is 4.99 Å². The Labute approximate surface area is 161 Å². The molecule has 3 heterocycles. The second kappa shape index (κ2) is 7.43. The van der Waals surface area contributed by atoms with E-state index in [9.17, 15) is 4.79 Å². The van der Waals surface area contributed by atoms with E-state index in [1.54, 1.807) is 23.2 Å². The van der Waals surface area contributed by atoms with E-state index >= 15 is 0 Å². The van der Waals surface area contributed by atoms with Crippen LogP contribution < -0.4 is 0 Å². The average Bonchev–Trinajstić information content (AvgIpc) is 3.32. The Bertz CT molecular complexity index is 1140. The molecule has 0 atom stereocenters. The predicted octanol–water partition coefficient (Wildman–Crippen LogP) is 3.17. The van der Waals surface area contributed by atoms with Crippen LogP contribution in [0.4, 0.5) is 5.82 Å². The Morgan fingerprint density at radius 1 is 1.14 bits per heavy atom. The van der Waals surface area contributed by atoms with Gasteiger partial charge in [0.05, 0.1) is 18.3 Å². The third-order valence-electron chi connectivity index (χ3n) is 4.07. The van der Waals surface area contributed by atoms with Crippen LogP contribution in [0.3, 0.4) is 0 Å². The normalized spacial score (nSPS) is 11.4. The summed E-state index contributed by atoms with van der Waals surface area (Å²) in [6.45, 7) is 0.534. The molecule has 0 aliphatic rings. The summed E-state index contributed by atoms with van der Waals surface area (Å²) in [7, 11) is 3.76. The first-order valence-corrected chi connectivity index (χ1v) is 8.67. The van der Waals surface area contributed by atoms with Gasteiger partial charge in [0, 0.05) is 14.1 Å². The van der Waals surface area contributed by atoms with E-state index in [4.69, 9.17) is 9.52 Å². The zero-order chi connectivity index (χ0) is 19.5. The molecule has 0 fully saturated rings. The first-order chi connectivity index (χ1) is 13.7. The van der Waals surface area contributed by atoms with Crippen LogP contribution in [-0.2, 0) is 6.54 Å². The molecule has 0 amide bonds. The van der Waals surface area contributed by atoms with E-state index in [2.05, 4.69) is 15.0 Å². The van der Waals surface area contributed by atoms with Crippen molar-refractivity contribution < 1.29 is 9.21 Å². The molecule has 0 radical (unpaired) electrons. The van der Waals surface area contributed by atoms with Crippen molar-refractivity contribution in [3.05, 3.63) is 60.1 Å². The molecule has 4 aromatic rings. The molecule has 8 nitrogen and oxygen atoms in total. The second-order valence-electron chi connectivity index (χ2n) is 6.42. The molecule has 0 unspecified atom stereocenters. The lowest BCUT2D eigenvalue weighted by atomic mass is 10.2. The summed E-state index contributed by atoms with van der Waals surface area (Å²) >= 11 is 0. The third kappa shape index (κ3) is 3.39. The van der Waals surface area contributed by atoms with Crippen molar-refractivity contribution in [3.63, 3.8) is 0 Å². The van der Waals surface area contributed by atoms with E-state index in [1.807, 2.05) is 49.3 Å². The van der Waals surface area contributed by atoms with Crippen molar-refractivity contribution in [2.45, 2.75) is 6.54 Å². The molecule has 8 heteroatoms. The SMILES string of the molecule is CN(C)/C=N/c1ncnc2c1c(-c1ccc(C=O)o1)nn2Cc1ccccc1. The maximum absolute atomic E-state index is 11.0. The first-order valence-electron chi connectivity index (χ1n) is 8.67. The standard InChI is InChI=1S/C20H18N6O2/c1-25(2)13-23-19-17-18(16-9-8-15(11-27)28-16)24-26(20(17)22-12-21-19)10-14-6-4-3-5-7-14/h3-9,11-13H,10H2,1-2H3/b23-13+. The van der Waals surface area contributed by atoms with E-state index in [0.29, 0.717) is 41.1 Å². The summed E-state index contributed by atoms with van der Waals surface area (Å²) in [5.74, 6) is 1.18. The van der Waals surface area contributed by atoms with E-state index in [0.717, 1.165) is 5.56 Å². The van der Waals surface area contributed by atoms with Crippen LogP contribution in [0.5, 0.6) is 0 Å². The molecular weight excluding hydrogens is 356 g/mol. The van der Waals surface area contributed by atoms with Crippen LogP contribution in [0, 0.1) is 0 Å². The van der Waals surface area contributed by atoms with Gasteiger partial charge in [-0.1, -0.05) is 30.3 Å². The molecule has 140 valence electrons. The van der Waals surface area contributed by atoms with Crippen LogP contribution in [0.15, 0.2) is 58.2 Å². The van der Waals surface area contributed by atoms with Crippen molar-refractivity contribution >= 4 is 29.5 Å². The lowest BCUT2D eigenvalue weighted by Gasteiger charge is -2.04. The van der Waals surface area contributed by atoms with E-state index < -0.39 is 0 Å². The highest BCUT2D eigenvalue weighted by Gasteiger charge is 2.20. The van der Waals surface area contributed by atoms with Gasteiger partial charge in [-0.05, 0) is 17.7 Å². The maximum Gasteiger partial charge on any atom is 0.185 e. The molecule has 3 aromatic heterocycles. The Morgan fingerprint density at radius 2 is 1.96 bits per heavy atom. The molecule has 0 saturated carbocycles. The number of aromatic nitrogens is 4. The predicted molar refractivity (Wildman–Crippen MR) is 106 cm³/mol. The molecule has 4 rings (SSSR count). The van der Waals surface area contributed by atoms with Gasteiger partial charge < -0.3 is 9.32 Å². The first kappa shape index (κ1) is 17.6. The Balaban J connectivity index is 1.91. The van der Waals surface area contributed by atoms with Crippen LogP contribution in [-0.4, -0.2) is 51.4 Å². The van der Waals surface area contributed by atoms with Crippen LogP contribution >= 0.6 is 0 Å². The molecule has 0 aliphatic carbocycles. The number of carbonyl (C=O) groups is 1. The van der Waals surface area contributed by atoms with Gasteiger partial charge in [-0.2, -0.15) is 5.10 Å². The van der Waals surface area contributed by atoms with E-state index in [-0.39, 0.29) is 5.76 Å². The Morgan fingerprint density at radius 3 is 2.68 bits per heavy atom. The summed E-state index contributed by atoms with van der Waals surface area (Å²) in [5.41, 5.74) is 2.28. The fraction of sp³-hybridized carbons (Fsp3) is 0.150. The quantitative estimate of drug-likeness (QED) is 0.293. The molecule has 1 aromatic carbocycles. The molecule has 0 N–H and O–H groups in total. The molecule has 0 aliphatic heterocycles. The minimum Gasteiger partial charge on any atom is -0.452 e. The molecular formula is C20H18N6O2. The van der Waals surface area contributed by atoms with E-state index in [1.165, 1.54) is 6.33 Å². The van der Waals surface area contributed by atoms with Gasteiger partial charge in [0.1, 0.15) is 12.0 Å². The number of hydrogen-bond acceptors (Lipinski definition) is 6. The highest BCUT2D eigenvalue weighted by molar-refractivity contribution is 5.98. The number of fused-ring (bicyclic) bond motifs is 1. The van der Waals surface area contributed by atoms with Gasteiger partial charge in [-0.15, -0.1) is 0 Å². The molecule has 28 heavy (non-hydrogen) atoms. The number of aldehydes is 1. The number of benzene rings is 1. The number of hydrogen-bond donors (Lipinski definition) is 0. The summed E-state index contributed by atoms with van der Waals surface area (Å²) in [5, 5.41) is 5.38. The van der Waals surface area contributed by atoms with Crippen LogP contribution in [0.25, 0.3) is 22.5 Å². The summed E-state index contributed by atoms with van der Waals surface area (Å²) in [6, 6.07) is 13.3. The fourth-order valence-electron chi connectivity index (χ4n) is 2.84. The number of furan rings is 1. The van der Waals surface area contributed by atoms with Gasteiger partial charge >= 0.3 is 0 Å². The zero-order valence-corrected chi connectivity index (χ0v) is 15.5. The minimum atomic E-state index is 0.232.